The number of rotatable bonds is 4. The third-order valence-electron chi connectivity index (χ3n) is 3.55. The highest BCUT2D eigenvalue weighted by molar-refractivity contribution is 5.92. The highest BCUT2D eigenvalue weighted by Crippen LogP contribution is 2.18. The molecule has 2 unspecified atom stereocenters. The molecule has 112 valence electrons. The van der Waals surface area contributed by atoms with E-state index >= 15 is 0 Å². The first-order valence-corrected chi connectivity index (χ1v) is 6.58. The minimum Gasteiger partial charge on any atom is -0.328 e. The monoisotopic (exact) mass is 301 g/mol. The average Bonchev–Trinajstić information content (AvgIpc) is 2.80. The van der Waals surface area contributed by atoms with Crippen molar-refractivity contribution in [3.8, 4) is 0 Å². The van der Waals surface area contributed by atoms with Crippen molar-refractivity contribution in [1.29, 1.82) is 0 Å². The minimum absolute atomic E-state index is 0. The molecule has 1 aliphatic rings. The summed E-state index contributed by atoms with van der Waals surface area (Å²) in [6.45, 7) is 4.14. The van der Waals surface area contributed by atoms with Gasteiger partial charge in [0.15, 0.2) is 0 Å². The molecule has 0 radical (unpaired) electrons. The van der Waals surface area contributed by atoms with Gasteiger partial charge in [-0.3, -0.25) is 9.69 Å². The van der Waals surface area contributed by atoms with Gasteiger partial charge in [-0.25, -0.2) is 4.39 Å². The number of nitrogens with one attached hydrogen (secondary N) is 1. The number of carbonyl (C=O) groups is 1. The summed E-state index contributed by atoms with van der Waals surface area (Å²) < 4.78 is 12.7. The second-order valence-electron chi connectivity index (χ2n) is 5.20. The molecular formula is C14H21ClFN3O. The van der Waals surface area contributed by atoms with Crippen LogP contribution in [0.1, 0.15) is 13.3 Å². The first kappa shape index (κ1) is 16.9. The molecule has 2 rings (SSSR count). The van der Waals surface area contributed by atoms with E-state index in [9.17, 15) is 9.18 Å². The molecule has 0 bridgehead atoms. The van der Waals surface area contributed by atoms with Crippen LogP contribution in [-0.2, 0) is 4.79 Å². The van der Waals surface area contributed by atoms with Gasteiger partial charge in [0.2, 0.25) is 5.91 Å². The van der Waals surface area contributed by atoms with Gasteiger partial charge < -0.3 is 11.1 Å². The summed E-state index contributed by atoms with van der Waals surface area (Å²) in [5.74, 6) is 0.0906. The molecule has 1 saturated heterocycles. The highest BCUT2D eigenvalue weighted by Gasteiger charge is 2.26. The molecule has 2 atom stereocenters. The van der Waals surface area contributed by atoms with E-state index in [1.807, 2.05) is 6.92 Å². The molecule has 1 aromatic rings. The largest absolute Gasteiger partial charge is 0.328 e. The zero-order valence-corrected chi connectivity index (χ0v) is 12.3. The Balaban J connectivity index is 0.00000200. The fourth-order valence-electron chi connectivity index (χ4n) is 2.37. The predicted molar refractivity (Wildman–Crippen MR) is 80.5 cm³/mol. The van der Waals surface area contributed by atoms with Crippen molar-refractivity contribution in [3.63, 3.8) is 0 Å². The third kappa shape index (κ3) is 4.74. The van der Waals surface area contributed by atoms with E-state index in [4.69, 9.17) is 5.73 Å². The van der Waals surface area contributed by atoms with Crippen LogP contribution in [0.5, 0.6) is 0 Å². The summed E-state index contributed by atoms with van der Waals surface area (Å²) in [5, 5.41) is 2.76. The molecule has 0 aliphatic carbocycles. The Hall–Kier alpha value is -1.17. The number of amides is 1. The lowest BCUT2D eigenvalue weighted by atomic mass is 10.0. The van der Waals surface area contributed by atoms with Crippen molar-refractivity contribution >= 4 is 24.0 Å². The Morgan fingerprint density at radius 1 is 1.50 bits per heavy atom. The van der Waals surface area contributed by atoms with Crippen molar-refractivity contribution in [2.75, 3.05) is 25.0 Å². The van der Waals surface area contributed by atoms with Gasteiger partial charge >= 0.3 is 0 Å². The molecule has 1 fully saturated rings. The SMILES string of the molecule is CC(N)C1CCN(CC(=O)Nc2ccc(F)cc2)C1.Cl. The zero-order valence-electron chi connectivity index (χ0n) is 11.5. The average molecular weight is 302 g/mol. The lowest BCUT2D eigenvalue weighted by Gasteiger charge is -2.17. The first-order valence-electron chi connectivity index (χ1n) is 6.58. The Morgan fingerprint density at radius 3 is 2.70 bits per heavy atom. The molecule has 1 amide bonds. The van der Waals surface area contributed by atoms with E-state index in [1.165, 1.54) is 12.1 Å². The van der Waals surface area contributed by atoms with Gasteiger partial charge in [0.05, 0.1) is 6.54 Å². The Kier molecular flexibility index (Phi) is 6.39. The molecule has 1 heterocycles. The van der Waals surface area contributed by atoms with Gasteiger partial charge in [-0.1, -0.05) is 0 Å². The van der Waals surface area contributed by atoms with Gasteiger partial charge in [-0.2, -0.15) is 0 Å². The number of nitrogens with two attached hydrogens (primary N) is 1. The molecule has 20 heavy (non-hydrogen) atoms. The van der Waals surface area contributed by atoms with Crippen molar-refractivity contribution in [2.24, 2.45) is 11.7 Å². The number of hydrogen-bond acceptors (Lipinski definition) is 3. The number of benzene rings is 1. The van der Waals surface area contributed by atoms with E-state index in [1.54, 1.807) is 12.1 Å². The van der Waals surface area contributed by atoms with Crippen molar-refractivity contribution < 1.29 is 9.18 Å². The maximum atomic E-state index is 12.7. The molecule has 4 nitrogen and oxygen atoms in total. The number of halogens is 2. The topological polar surface area (TPSA) is 58.4 Å². The van der Waals surface area contributed by atoms with Gasteiger partial charge in [0, 0.05) is 18.3 Å². The first-order chi connectivity index (χ1) is 9.04. The van der Waals surface area contributed by atoms with E-state index < -0.39 is 0 Å². The van der Waals surface area contributed by atoms with Crippen LogP contribution in [0, 0.1) is 11.7 Å². The summed E-state index contributed by atoms with van der Waals surface area (Å²) >= 11 is 0. The number of anilines is 1. The summed E-state index contributed by atoms with van der Waals surface area (Å²) in [6.07, 6.45) is 1.04. The molecule has 0 spiro atoms. The van der Waals surface area contributed by atoms with Gasteiger partial charge in [-0.15, -0.1) is 12.4 Å². The minimum atomic E-state index is -0.308. The van der Waals surface area contributed by atoms with Crippen LogP contribution < -0.4 is 11.1 Å². The maximum Gasteiger partial charge on any atom is 0.238 e. The van der Waals surface area contributed by atoms with Crippen molar-refractivity contribution in [1.82, 2.24) is 4.90 Å². The number of nitrogens with zero attached hydrogens (tertiary/aromatic N) is 1. The van der Waals surface area contributed by atoms with Crippen LogP contribution in [0.3, 0.4) is 0 Å². The maximum absolute atomic E-state index is 12.7. The number of likely N-dealkylation sites (tertiary alicyclic amines) is 1. The Labute approximate surface area is 124 Å². The smallest absolute Gasteiger partial charge is 0.238 e. The van der Waals surface area contributed by atoms with Gasteiger partial charge in [0.1, 0.15) is 5.82 Å². The van der Waals surface area contributed by atoms with E-state index in [2.05, 4.69) is 10.2 Å². The highest BCUT2D eigenvalue weighted by atomic mass is 35.5. The normalized spacial score (nSPS) is 20.2. The Morgan fingerprint density at radius 2 is 2.15 bits per heavy atom. The second kappa shape index (κ2) is 7.57. The van der Waals surface area contributed by atoms with Crippen LogP contribution in [0.25, 0.3) is 0 Å². The molecule has 3 N–H and O–H groups in total. The fourth-order valence-corrected chi connectivity index (χ4v) is 2.37. The zero-order chi connectivity index (χ0) is 13.8. The standard InChI is InChI=1S/C14H20FN3O.ClH/c1-10(16)11-6-7-18(8-11)9-14(19)17-13-4-2-12(15)3-5-13;/h2-5,10-11H,6-9,16H2,1H3,(H,17,19);1H. The van der Waals surface area contributed by atoms with Crippen LogP contribution >= 0.6 is 12.4 Å². The number of carbonyl (C=O) groups excluding carboxylic acids is 1. The molecule has 1 aliphatic heterocycles. The molecule has 1 aromatic carbocycles. The molecule has 0 aromatic heterocycles. The van der Waals surface area contributed by atoms with Crippen LogP contribution in [0.4, 0.5) is 10.1 Å². The summed E-state index contributed by atoms with van der Waals surface area (Å²) in [4.78, 5) is 14.0. The predicted octanol–water partition coefficient (Wildman–Crippen LogP) is 1.86. The number of hydrogen-bond donors (Lipinski definition) is 2. The lowest BCUT2D eigenvalue weighted by Crippen LogP contribution is -2.34. The molecular weight excluding hydrogens is 281 g/mol. The van der Waals surface area contributed by atoms with E-state index in [-0.39, 0.29) is 30.2 Å². The van der Waals surface area contributed by atoms with Crippen molar-refractivity contribution in [3.05, 3.63) is 30.1 Å². The Bertz CT molecular complexity index is 439. The van der Waals surface area contributed by atoms with Crippen LogP contribution in [-0.4, -0.2) is 36.5 Å². The fraction of sp³-hybridized carbons (Fsp3) is 0.500. The summed E-state index contributed by atoms with van der Waals surface area (Å²) in [5.41, 5.74) is 6.49. The van der Waals surface area contributed by atoms with Crippen LogP contribution in [0.2, 0.25) is 0 Å². The van der Waals surface area contributed by atoms with Crippen molar-refractivity contribution in [2.45, 2.75) is 19.4 Å². The van der Waals surface area contributed by atoms with Crippen LogP contribution in [0.15, 0.2) is 24.3 Å². The van der Waals surface area contributed by atoms with E-state index in [0.29, 0.717) is 18.2 Å². The lowest BCUT2D eigenvalue weighted by molar-refractivity contribution is -0.117. The van der Waals surface area contributed by atoms with Gasteiger partial charge in [0.25, 0.3) is 0 Å². The van der Waals surface area contributed by atoms with Gasteiger partial charge in [-0.05, 0) is 50.1 Å². The third-order valence-corrected chi connectivity index (χ3v) is 3.55. The molecule has 0 saturated carbocycles. The quantitative estimate of drug-likeness (QED) is 0.892. The summed E-state index contributed by atoms with van der Waals surface area (Å²) in [7, 11) is 0. The second-order valence-corrected chi connectivity index (χ2v) is 5.20. The molecule has 6 heteroatoms. The summed E-state index contributed by atoms with van der Waals surface area (Å²) in [6, 6.07) is 5.95. The van der Waals surface area contributed by atoms with E-state index in [0.717, 1.165) is 19.5 Å².